The van der Waals surface area contributed by atoms with E-state index in [9.17, 15) is 8.42 Å². The Kier molecular flexibility index (Phi) is 3.92. The fraction of sp³-hybridized carbons (Fsp3) is 1.00. The summed E-state index contributed by atoms with van der Waals surface area (Å²) in [5, 5.41) is -0.349. The molecule has 1 aliphatic rings. The molecule has 0 radical (unpaired) electrons. The second-order valence-corrected chi connectivity index (χ2v) is 6.70. The number of hydrogen-bond donors (Lipinski definition) is 2. The predicted molar refractivity (Wildman–Crippen MR) is 57.4 cm³/mol. The predicted octanol–water partition coefficient (Wildman–Crippen LogP) is 0.442. The molecule has 0 aromatic rings. The van der Waals surface area contributed by atoms with Crippen molar-refractivity contribution in [3.8, 4) is 0 Å². The van der Waals surface area contributed by atoms with Gasteiger partial charge in [-0.15, -0.1) is 0 Å². The topological polar surface area (TPSA) is 72.2 Å². The highest BCUT2D eigenvalue weighted by atomic mass is 32.2. The van der Waals surface area contributed by atoms with Crippen molar-refractivity contribution in [3.63, 3.8) is 0 Å². The first-order chi connectivity index (χ1) is 6.42. The molecule has 0 aromatic carbocycles. The van der Waals surface area contributed by atoms with Gasteiger partial charge in [0, 0.05) is 12.6 Å². The molecule has 0 heterocycles. The minimum Gasteiger partial charge on any atom is -0.328 e. The maximum absolute atomic E-state index is 11.4. The Bertz CT molecular complexity index is 275. The van der Waals surface area contributed by atoms with Crippen molar-refractivity contribution in [2.45, 2.75) is 44.4 Å². The van der Waals surface area contributed by atoms with Gasteiger partial charge in [0.25, 0.3) is 0 Å². The Balaban J connectivity index is 2.34. The third-order valence-electron chi connectivity index (χ3n) is 2.78. The molecule has 2 unspecified atom stereocenters. The van der Waals surface area contributed by atoms with Crippen LogP contribution in [0.15, 0.2) is 0 Å². The van der Waals surface area contributed by atoms with Crippen molar-refractivity contribution in [3.05, 3.63) is 0 Å². The van der Waals surface area contributed by atoms with Crippen molar-refractivity contribution in [2.75, 3.05) is 6.54 Å². The average molecular weight is 220 g/mol. The van der Waals surface area contributed by atoms with E-state index < -0.39 is 10.0 Å². The molecule has 0 bridgehead atoms. The lowest BCUT2D eigenvalue weighted by molar-refractivity contribution is 0.509. The number of hydrogen-bond acceptors (Lipinski definition) is 3. The summed E-state index contributed by atoms with van der Waals surface area (Å²) in [5.41, 5.74) is 5.75. The van der Waals surface area contributed by atoms with Crippen LogP contribution in [0.1, 0.15) is 33.1 Å². The van der Waals surface area contributed by atoms with Crippen molar-refractivity contribution in [1.82, 2.24) is 4.72 Å². The van der Waals surface area contributed by atoms with E-state index in [1.165, 1.54) is 0 Å². The highest BCUT2D eigenvalue weighted by Gasteiger charge is 2.24. The van der Waals surface area contributed by atoms with Gasteiger partial charge in [0.05, 0.1) is 5.25 Å². The van der Waals surface area contributed by atoms with E-state index >= 15 is 0 Å². The maximum Gasteiger partial charge on any atom is 0.213 e. The van der Waals surface area contributed by atoms with Crippen LogP contribution in [0, 0.1) is 5.92 Å². The largest absolute Gasteiger partial charge is 0.328 e. The molecular weight excluding hydrogens is 200 g/mol. The van der Waals surface area contributed by atoms with E-state index in [4.69, 9.17) is 5.73 Å². The lowest BCUT2D eigenvalue weighted by Crippen LogP contribution is -2.34. The van der Waals surface area contributed by atoms with E-state index in [1.54, 1.807) is 13.8 Å². The fourth-order valence-electron chi connectivity index (χ4n) is 1.70. The van der Waals surface area contributed by atoms with Crippen molar-refractivity contribution >= 4 is 10.0 Å². The molecule has 1 saturated carbocycles. The van der Waals surface area contributed by atoms with Crippen LogP contribution < -0.4 is 10.5 Å². The Morgan fingerprint density at radius 3 is 2.50 bits per heavy atom. The van der Waals surface area contributed by atoms with Gasteiger partial charge < -0.3 is 5.73 Å². The molecule has 1 rings (SSSR count). The third-order valence-corrected chi connectivity index (χ3v) is 4.59. The van der Waals surface area contributed by atoms with Crippen molar-refractivity contribution in [1.29, 1.82) is 0 Å². The minimum atomic E-state index is -3.09. The SMILES string of the molecule is CC(C)S(=O)(=O)NCC1CCC(N)C1. The number of rotatable bonds is 4. The zero-order valence-corrected chi connectivity index (χ0v) is 9.68. The molecule has 84 valence electrons. The molecular formula is C9H20N2O2S. The Morgan fingerprint density at radius 2 is 2.07 bits per heavy atom. The summed E-state index contributed by atoms with van der Waals surface area (Å²) in [6.07, 6.45) is 3.01. The molecule has 0 saturated heterocycles. The first-order valence-corrected chi connectivity index (χ1v) is 6.70. The van der Waals surface area contributed by atoms with Gasteiger partial charge in [-0.2, -0.15) is 0 Å². The third kappa shape index (κ3) is 3.22. The second-order valence-electron chi connectivity index (χ2n) is 4.38. The van der Waals surface area contributed by atoms with Gasteiger partial charge >= 0.3 is 0 Å². The van der Waals surface area contributed by atoms with Gasteiger partial charge in [-0.25, -0.2) is 13.1 Å². The van der Waals surface area contributed by atoms with Crippen LogP contribution in [0.3, 0.4) is 0 Å². The van der Waals surface area contributed by atoms with E-state index in [2.05, 4.69) is 4.72 Å². The minimum absolute atomic E-state index is 0.267. The molecule has 1 fully saturated rings. The van der Waals surface area contributed by atoms with Crippen LogP contribution in [-0.2, 0) is 10.0 Å². The highest BCUT2D eigenvalue weighted by molar-refractivity contribution is 7.90. The molecule has 2 atom stereocenters. The van der Waals surface area contributed by atoms with E-state index in [0.29, 0.717) is 12.5 Å². The van der Waals surface area contributed by atoms with Crippen LogP contribution >= 0.6 is 0 Å². The number of nitrogens with one attached hydrogen (secondary N) is 1. The maximum atomic E-state index is 11.4. The van der Waals surface area contributed by atoms with Crippen LogP contribution in [0.5, 0.6) is 0 Å². The summed E-state index contributed by atoms with van der Waals surface area (Å²) < 4.78 is 25.5. The Morgan fingerprint density at radius 1 is 1.43 bits per heavy atom. The molecule has 4 nitrogen and oxygen atoms in total. The van der Waals surface area contributed by atoms with Crippen LogP contribution in [0.25, 0.3) is 0 Å². The van der Waals surface area contributed by atoms with Gasteiger partial charge in [-0.05, 0) is 39.0 Å². The zero-order valence-electron chi connectivity index (χ0n) is 8.86. The van der Waals surface area contributed by atoms with Gasteiger partial charge in [0.15, 0.2) is 0 Å². The summed E-state index contributed by atoms with van der Waals surface area (Å²) in [5.74, 6) is 0.429. The molecule has 3 N–H and O–H groups in total. The van der Waals surface area contributed by atoms with Gasteiger partial charge in [-0.1, -0.05) is 0 Å². The summed E-state index contributed by atoms with van der Waals surface area (Å²) in [7, 11) is -3.09. The van der Waals surface area contributed by atoms with Gasteiger partial charge in [-0.3, -0.25) is 0 Å². The van der Waals surface area contributed by atoms with Gasteiger partial charge in [0.1, 0.15) is 0 Å². The molecule has 0 aliphatic heterocycles. The smallest absolute Gasteiger partial charge is 0.213 e. The van der Waals surface area contributed by atoms with Crippen molar-refractivity contribution < 1.29 is 8.42 Å². The van der Waals surface area contributed by atoms with Gasteiger partial charge in [0.2, 0.25) is 10.0 Å². The molecule has 0 spiro atoms. The normalized spacial score (nSPS) is 28.6. The molecule has 0 aromatic heterocycles. The van der Waals surface area contributed by atoms with Crippen LogP contribution in [0.2, 0.25) is 0 Å². The van der Waals surface area contributed by atoms with Crippen molar-refractivity contribution in [2.24, 2.45) is 11.7 Å². The first kappa shape index (κ1) is 11.9. The average Bonchev–Trinajstić information content (AvgIpc) is 2.48. The molecule has 5 heteroatoms. The Labute approximate surface area is 86.3 Å². The summed E-state index contributed by atoms with van der Waals surface area (Å²) in [6, 6.07) is 0.267. The Hall–Kier alpha value is -0.130. The highest BCUT2D eigenvalue weighted by Crippen LogP contribution is 2.23. The number of nitrogens with two attached hydrogens (primary N) is 1. The van der Waals surface area contributed by atoms with E-state index in [1.807, 2.05) is 0 Å². The first-order valence-electron chi connectivity index (χ1n) is 5.16. The lowest BCUT2D eigenvalue weighted by Gasteiger charge is -2.13. The second kappa shape index (κ2) is 4.59. The summed E-state index contributed by atoms with van der Waals surface area (Å²) in [6.45, 7) is 3.92. The lowest BCUT2D eigenvalue weighted by atomic mass is 10.1. The molecule has 14 heavy (non-hydrogen) atoms. The molecule has 0 amide bonds. The quantitative estimate of drug-likeness (QED) is 0.722. The monoisotopic (exact) mass is 220 g/mol. The van der Waals surface area contributed by atoms with Crippen LogP contribution in [-0.4, -0.2) is 26.3 Å². The fourth-order valence-corrected chi connectivity index (χ4v) is 2.50. The molecule has 1 aliphatic carbocycles. The number of sulfonamides is 1. The summed E-state index contributed by atoms with van der Waals surface area (Å²) in [4.78, 5) is 0. The summed E-state index contributed by atoms with van der Waals surface area (Å²) >= 11 is 0. The standard InChI is InChI=1S/C9H20N2O2S/c1-7(2)14(12,13)11-6-8-3-4-9(10)5-8/h7-9,11H,3-6,10H2,1-2H3. The van der Waals surface area contributed by atoms with Crippen LogP contribution in [0.4, 0.5) is 0 Å². The van der Waals surface area contributed by atoms with E-state index in [0.717, 1.165) is 19.3 Å². The zero-order chi connectivity index (χ0) is 10.8. The van der Waals surface area contributed by atoms with E-state index in [-0.39, 0.29) is 11.3 Å².